The van der Waals surface area contributed by atoms with E-state index >= 15 is 0 Å². The van der Waals surface area contributed by atoms with Crippen molar-refractivity contribution in [2.75, 3.05) is 13.1 Å². The van der Waals surface area contributed by atoms with Crippen molar-refractivity contribution in [3.05, 3.63) is 24.3 Å². The van der Waals surface area contributed by atoms with Crippen LogP contribution in [0.15, 0.2) is 24.3 Å². The Labute approximate surface area is 43.7 Å². The van der Waals surface area contributed by atoms with E-state index in [1.165, 1.54) is 0 Å². The standard InChI is InChI=1S/C6H8N/c1-2-4-6-7-5-3-1/h1-4H,5-6H2. The Kier molecular flexibility index (Phi) is 1.70. The summed E-state index contributed by atoms with van der Waals surface area (Å²) >= 11 is 0. The van der Waals surface area contributed by atoms with Gasteiger partial charge in [-0.1, -0.05) is 24.3 Å². The number of nitrogens with zero attached hydrogens (tertiary/aromatic N) is 1. The first-order chi connectivity index (χ1) is 3.50. The van der Waals surface area contributed by atoms with Gasteiger partial charge in [-0.2, -0.15) is 0 Å². The van der Waals surface area contributed by atoms with Gasteiger partial charge in [-0.3, -0.25) is 0 Å². The molecule has 0 aromatic carbocycles. The van der Waals surface area contributed by atoms with Crippen molar-refractivity contribution >= 4 is 0 Å². The maximum absolute atomic E-state index is 4.10. The predicted octanol–water partition coefficient (Wildman–Crippen LogP) is 0.717. The Hall–Kier alpha value is -0.560. The van der Waals surface area contributed by atoms with E-state index in [1.54, 1.807) is 0 Å². The van der Waals surface area contributed by atoms with Crippen molar-refractivity contribution in [3.63, 3.8) is 0 Å². The molecule has 1 heterocycles. The Morgan fingerprint density at radius 1 is 1.00 bits per heavy atom. The topological polar surface area (TPSA) is 14.1 Å². The molecule has 1 heteroatoms. The fourth-order valence-electron chi connectivity index (χ4n) is 0.502. The summed E-state index contributed by atoms with van der Waals surface area (Å²) < 4.78 is 0. The Bertz CT molecular complexity index is 80.4. The van der Waals surface area contributed by atoms with Gasteiger partial charge in [0.1, 0.15) is 0 Å². The van der Waals surface area contributed by atoms with Gasteiger partial charge in [0, 0.05) is 13.1 Å². The summed E-state index contributed by atoms with van der Waals surface area (Å²) in [7, 11) is 0. The highest BCUT2D eigenvalue weighted by Gasteiger charge is 1.80. The highest BCUT2D eigenvalue weighted by Crippen LogP contribution is 1.81. The summed E-state index contributed by atoms with van der Waals surface area (Å²) in [4.78, 5) is 0. The summed E-state index contributed by atoms with van der Waals surface area (Å²) in [5.41, 5.74) is 0. The van der Waals surface area contributed by atoms with Crippen LogP contribution < -0.4 is 5.32 Å². The van der Waals surface area contributed by atoms with Crippen LogP contribution >= 0.6 is 0 Å². The zero-order chi connectivity index (χ0) is 4.95. The zero-order valence-electron chi connectivity index (χ0n) is 4.17. The van der Waals surface area contributed by atoms with Crippen molar-refractivity contribution in [2.45, 2.75) is 0 Å². The highest BCUT2D eigenvalue weighted by molar-refractivity contribution is 5.06. The second kappa shape index (κ2) is 2.59. The number of hydrogen-bond donors (Lipinski definition) is 0. The van der Waals surface area contributed by atoms with Crippen molar-refractivity contribution in [2.24, 2.45) is 0 Å². The third kappa shape index (κ3) is 1.55. The molecule has 0 fully saturated rings. The van der Waals surface area contributed by atoms with E-state index in [-0.39, 0.29) is 0 Å². The van der Waals surface area contributed by atoms with Crippen molar-refractivity contribution < 1.29 is 0 Å². The van der Waals surface area contributed by atoms with E-state index in [9.17, 15) is 0 Å². The largest absolute Gasteiger partial charge is 0.234 e. The van der Waals surface area contributed by atoms with E-state index in [4.69, 9.17) is 0 Å². The first-order valence-electron chi connectivity index (χ1n) is 2.45. The molecule has 0 spiro atoms. The highest BCUT2D eigenvalue weighted by atomic mass is 14.8. The van der Waals surface area contributed by atoms with Gasteiger partial charge in [0.15, 0.2) is 0 Å². The van der Waals surface area contributed by atoms with E-state index in [0.717, 1.165) is 13.1 Å². The van der Waals surface area contributed by atoms with Gasteiger partial charge >= 0.3 is 0 Å². The lowest BCUT2D eigenvalue weighted by atomic mass is 10.5. The molecule has 0 saturated heterocycles. The van der Waals surface area contributed by atoms with Crippen LogP contribution in [-0.4, -0.2) is 13.1 Å². The van der Waals surface area contributed by atoms with E-state index in [0.29, 0.717) is 0 Å². The van der Waals surface area contributed by atoms with Gasteiger partial charge in [0.05, 0.1) is 0 Å². The molecule has 7 heavy (non-hydrogen) atoms. The molecule has 0 saturated carbocycles. The lowest BCUT2D eigenvalue weighted by Gasteiger charge is -1.84. The third-order valence-corrected chi connectivity index (χ3v) is 0.852. The number of hydrogen-bond acceptors (Lipinski definition) is 0. The zero-order valence-corrected chi connectivity index (χ0v) is 4.17. The molecule has 1 radical (unpaired) electrons. The van der Waals surface area contributed by atoms with Crippen LogP contribution in [0.5, 0.6) is 0 Å². The monoisotopic (exact) mass is 94.1 g/mol. The van der Waals surface area contributed by atoms with Gasteiger partial charge in [0.2, 0.25) is 0 Å². The average Bonchev–Trinajstić information content (AvgIpc) is 1.90. The molecule has 37 valence electrons. The normalized spacial score (nSPS) is 19.4. The van der Waals surface area contributed by atoms with Crippen LogP contribution in [0.1, 0.15) is 0 Å². The first-order valence-corrected chi connectivity index (χ1v) is 2.45. The minimum atomic E-state index is 0.882. The minimum Gasteiger partial charge on any atom is -0.234 e. The summed E-state index contributed by atoms with van der Waals surface area (Å²) in [6, 6.07) is 0. The molecule has 1 aliphatic heterocycles. The van der Waals surface area contributed by atoms with E-state index in [1.807, 2.05) is 24.3 Å². The third-order valence-electron chi connectivity index (χ3n) is 0.852. The molecule has 0 amide bonds. The Morgan fingerprint density at radius 3 is 2.14 bits per heavy atom. The molecule has 1 rings (SSSR count). The smallest absolute Gasteiger partial charge is 0.0320 e. The second-order valence-electron chi connectivity index (χ2n) is 1.45. The maximum atomic E-state index is 4.10. The molecule has 1 aliphatic rings. The molecule has 0 aromatic heterocycles. The van der Waals surface area contributed by atoms with Crippen LogP contribution in [0.4, 0.5) is 0 Å². The van der Waals surface area contributed by atoms with Crippen LogP contribution in [0.3, 0.4) is 0 Å². The SMILES string of the molecule is C1=CC[N]CC=C1. The van der Waals surface area contributed by atoms with E-state index in [2.05, 4.69) is 5.32 Å². The molecule has 0 N–H and O–H groups in total. The van der Waals surface area contributed by atoms with Crippen molar-refractivity contribution in [1.29, 1.82) is 0 Å². The summed E-state index contributed by atoms with van der Waals surface area (Å²) in [6.07, 6.45) is 8.14. The lowest BCUT2D eigenvalue weighted by molar-refractivity contribution is 0.829. The van der Waals surface area contributed by atoms with Crippen LogP contribution in [0, 0.1) is 0 Å². The molecular formula is C6H8N. The van der Waals surface area contributed by atoms with Gasteiger partial charge in [-0.05, 0) is 0 Å². The molecule has 0 aromatic rings. The van der Waals surface area contributed by atoms with Gasteiger partial charge in [0.25, 0.3) is 0 Å². The molecular weight excluding hydrogens is 86.1 g/mol. The van der Waals surface area contributed by atoms with Gasteiger partial charge in [-0.25, -0.2) is 5.32 Å². The fraction of sp³-hybridized carbons (Fsp3) is 0.333. The van der Waals surface area contributed by atoms with E-state index < -0.39 is 0 Å². The molecule has 1 nitrogen and oxygen atoms in total. The van der Waals surface area contributed by atoms with Gasteiger partial charge in [-0.15, -0.1) is 0 Å². The summed E-state index contributed by atoms with van der Waals surface area (Å²) in [6.45, 7) is 1.76. The average molecular weight is 94.1 g/mol. The quantitative estimate of drug-likeness (QED) is 0.420. The Balaban J connectivity index is 2.39. The van der Waals surface area contributed by atoms with Crippen LogP contribution in [-0.2, 0) is 0 Å². The molecule has 0 aliphatic carbocycles. The number of allylic oxidation sites excluding steroid dienone is 2. The molecule has 0 atom stereocenters. The van der Waals surface area contributed by atoms with Crippen molar-refractivity contribution in [3.8, 4) is 0 Å². The summed E-state index contributed by atoms with van der Waals surface area (Å²) in [5.74, 6) is 0. The van der Waals surface area contributed by atoms with Crippen LogP contribution in [0.25, 0.3) is 0 Å². The lowest BCUT2D eigenvalue weighted by Crippen LogP contribution is -2.01. The number of rotatable bonds is 0. The Morgan fingerprint density at radius 2 is 1.57 bits per heavy atom. The minimum absolute atomic E-state index is 0.882. The summed E-state index contributed by atoms with van der Waals surface area (Å²) in [5, 5.41) is 4.10. The second-order valence-corrected chi connectivity index (χ2v) is 1.45. The predicted molar refractivity (Wildman–Crippen MR) is 30.1 cm³/mol. The van der Waals surface area contributed by atoms with Crippen LogP contribution in [0.2, 0.25) is 0 Å². The maximum Gasteiger partial charge on any atom is 0.0320 e. The molecule has 0 bridgehead atoms. The first kappa shape index (κ1) is 4.60. The molecule has 0 unspecified atom stereocenters. The fourth-order valence-corrected chi connectivity index (χ4v) is 0.502. The van der Waals surface area contributed by atoms with Crippen molar-refractivity contribution in [1.82, 2.24) is 5.32 Å². The van der Waals surface area contributed by atoms with Gasteiger partial charge < -0.3 is 0 Å².